The van der Waals surface area contributed by atoms with Gasteiger partial charge in [-0.2, -0.15) is 0 Å². The van der Waals surface area contributed by atoms with E-state index in [1.807, 2.05) is 0 Å². The van der Waals surface area contributed by atoms with Crippen molar-refractivity contribution >= 4 is 0 Å². The van der Waals surface area contributed by atoms with E-state index >= 15 is 0 Å². The van der Waals surface area contributed by atoms with E-state index in [-0.39, 0.29) is 0 Å². The molecule has 0 aromatic rings. The van der Waals surface area contributed by atoms with Crippen molar-refractivity contribution in [3.05, 3.63) is 0 Å². The minimum Gasteiger partial charge on any atom is -0.314 e. The predicted octanol–water partition coefficient (Wildman–Crippen LogP) is 2.89. The Kier molecular flexibility index (Phi) is 6.37. The summed E-state index contributed by atoms with van der Waals surface area (Å²) in [5, 5.41) is 3.56. The van der Waals surface area contributed by atoms with Gasteiger partial charge in [0, 0.05) is 18.6 Å². The molecule has 0 aliphatic carbocycles. The molecule has 1 aliphatic heterocycles. The lowest BCUT2D eigenvalue weighted by Crippen LogP contribution is -2.31. The third-order valence-electron chi connectivity index (χ3n) is 3.74. The zero-order valence-corrected chi connectivity index (χ0v) is 11.6. The second-order valence-corrected chi connectivity index (χ2v) is 5.68. The Balaban J connectivity index is 2.06. The van der Waals surface area contributed by atoms with Gasteiger partial charge in [-0.25, -0.2) is 0 Å². The summed E-state index contributed by atoms with van der Waals surface area (Å²) in [6.07, 6.45) is 5.29. The van der Waals surface area contributed by atoms with Crippen LogP contribution in [-0.4, -0.2) is 36.6 Å². The molecular formula is C14H30N2. The Labute approximate surface area is 102 Å². The summed E-state index contributed by atoms with van der Waals surface area (Å²) in [5.41, 5.74) is 0. The Morgan fingerprint density at radius 1 is 1.38 bits per heavy atom. The van der Waals surface area contributed by atoms with E-state index in [0.29, 0.717) is 6.04 Å². The fourth-order valence-corrected chi connectivity index (χ4v) is 2.79. The van der Waals surface area contributed by atoms with Crippen LogP contribution in [0.3, 0.4) is 0 Å². The van der Waals surface area contributed by atoms with Crippen molar-refractivity contribution in [2.75, 3.05) is 19.6 Å². The highest BCUT2D eigenvalue weighted by Gasteiger charge is 2.25. The van der Waals surface area contributed by atoms with Crippen LogP contribution in [0.4, 0.5) is 0 Å². The molecule has 0 aromatic heterocycles. The third kappa shape index (κ3) is 4.84. The van der Waals surface area contributed by atoms with E-state index in [2.05, 4.69) is 37.9 Å². The molecule has 0 bridgehead atoms. The van der Waals surface area contributed by atoms with Crippen molar-refractivity contribution in [1.82, 2.24) is 10.2 Å². The molecule has 0 aromatic carbocycles. The van der Waals surface area contributed by atoms with Crippen LogP contribution in [0, 0.1) is 5.92 Å². The smallest absolute Gasteiger partial charge is 0.00700 e. The van der Waals surface area contributed by atoms with E-state index in [1.165, 1.54) is 38.8 Å². The number of hydrogen-bond donors (Lipinski definition) is 1. The van der Waals surface area contributed by atoms with E-state index in [1.54, 1.807) is 0 Å². The van der Waals surface area contributed by atoms with Gasteiger partial charge in [0.1, 0.15) is 0 Å². The summed E-state index contributed by atoms with van der Waals surface area (Å²) in [6, 6.07) is 1.50. The first-order chi connectivity index (χ1) is 7.63. The molecule has 1 fully saturated rings. The average molecular weight is 226 g/mol. The molecule has 2 heteroatoms. The normalized spacial score (nSPS) is 28.5. The van der Waals surface area contributed by atoms with Gasteiger partial charge in [0.25, 0.3) is 0 Å². The van der Waals surface area contributed by atoms with Gasteiger partial charge in [-0.3, -0.25) is 0 Å². The maximum absolute atomic E-state index is 3.56. The molecule has 0 amide bonds. The van der Waals surface area contributed by atoms with Gasteiger partial charge >= 0.3 is 0 Å². The number of likely N-dealkylation sites (tertiary alicyclic amines) is 1. The van der Waals surface area contributed by atoms with Crippen LogP contribution < -0.4 is 5.32 Å². The highest BCUT2D eigenvalue weighted by molar-refractivity contribution is 4.80. The number of hydrogen-bond acceptors (Lipinski definition) is 2. The van der Waals surface area contributed by atoms with Gasteiger partial charge in [-0.1, -0.05) is 13.8 Å². The molecule has 1 aliphatic rings. The second kappa shape index (κ2) is 7.29. The number of nitrogens with zero attached hydrogens (tertiary/aromatic N) is 1. The lowest BCUT2D eigenvalue weighted by atomic mass is 10.1. The molecular weight excluding hydrogens is 196 g/mol. The first-order valence-corrected chi connectivity index (χ1v) is 7.11. The van der Waals surface area contributed by atoms with Gasteiger partial charge in [0.05, 0.1) is 0 Å². The van der Waals surface area contributed by atoms with Crippen LogP contribution >= 0.6 is 0 Å². The maximum atomic E-state index is 3.56. The molecule has 1 saturated heterocycles. The van der Waals surface area contributed by atoms with E-state index in [4.69, 9.17) is 0 Å². The summed E-state index contributed by atoms with van der Waals surface area (Å²) in [7, 11) is 0. The molecule has 1 heterocycles. The summed E-state index contributed by atoms with van der Waals surface area (Å²) < 4.78 is 0. The molecule has 3 unspecified atom stereocenters. The molecule has 96 valence electrons. The Hall–Kier alpha value is -0.0800. The maximum Gasteiger partial charge on any atom is 0.00700 e. The molecule has 1 N–H and O–H groups in total. The largest absolute Gasteiger partial charge is 0.314 e. The van der Waals surface area contributed by atoms with E-state index in [9.17, 15) is 0 Å². The second-order valence-electron chi connectivity index (χ2n) is 5.68. The van der Waals surface area contributed by atoms with Crippen LogP contribution in [0.1, 0.15) is 53.4 Å². The molecule has 2 nitrogen and oxygen atoms in total. The van der Waals surface area contributed by atoms with Gasteiger partial charge in [0.15, 0.2) is 0 Å². The standard InChI is InChI=1S/C14H30N2/c1-5-8-15-13(3)7-6-9-16-11-12(2)10-14(16)4/h12-15H,5-11H2,1-4H3. The first-order valence-electron chi connectivity index (χ1n) is 7.11. The lowest BCUT2D eigenvalue weighted by molar-refractivity contribution is 0.255. The monoisotopic (exact) mass is 226 g/mol. The van der Waals surface area contributed by atoms with Crippen molar-refractivity contribution in [1.29, 1.82) is 0 Å². The SMILES string of the molecule is CCCNC(C)CCCN1CC(C)CC1C. The molecule has 0 spiro atoms. The number of nitrogens with one attached hydrogen (secondary N) is 1. The predicted molar refractivity (Wildman–Crippen MR) is 71.8 cm³/mol. The average Bonchev–Trinajstić information content (AvgIpc) is 2.55. The Bertz CT molecular complexity index is 182. The first kappa shape index (κ1) is 14.0. The molecule has 16 heavy (non-hydrogen) atoms. The van der Waals surface area contributed by atoms with Crippen LogP contribution in [0.2, 0.25) is 0 Å². The van der Waals surface area contributed by atoms with Crippen LogP contribution in [0.25, 0.3) is 0 Å². The fraction of sp³-hybridized carbons (Fsp3) is 1.00. The van der Waals surface area contributed by atoms with Crippen LogP contribution in [0.15, 0.2) is 0 Å². The summed E-state index contributed by atoms with van der Waals surface area (Å²) >= 11 is 0. The highest BCUT2D eigenvalue weighted by atomic mass is 15.2. The van der Waals surface area contributed by atoms with E-state index < -0.39 is 0 Å². The summed E-state index contributed by atoms with van der Waals surface area (Å²) in [6.45, 7) is 13.1. The third-order valence-corrected chi connectivity index (χ3v) is 3.74. The van der Waals surface area contributed by atoms with Crippen molar-refractivity contribution < 1.29 is 0 Å². The zero-order chi connectivity index (χ0) is 12.0. The van der Waals surface area contributed by atoms with Gasteiger partial charge in [-0.05, 0) is 58.5 Å². The van der Waals surface area contributed by atoms with Gasteiger partial charge in [0.2, 0.25) is 0 Å². The van der Waals surface area contributed by atoms with Crippen molar-refractivity contribution in [2.45, 2.75) is 65.5 Å². The number of rotatable bonds is 7. The Morgan fingerprint density at radius 3 is 2.69 bits per heavy atom. The topological polar surface area (TPSA) is 15.3 Å². The Morgan fingerprint density at radius 2 is 2.12 bits per heavy atom. The van der Waals surface area contributed by atoms with Gasteiger partial charge in [-0.15, -0.1) is 0 Å². The molecule has 0 saturated carbocycles. The minimum absolute atomic E-state index is 0.690. The molecule has 3 atom stereocenters. The van der Waals surface area contributed by atoms with E-state index in [0.717, 1.165) is 18.5 Å². The van der Waals surface area contributed by atoms with Crippen molar-refractivity contribution in [3.63, 3.8) is 0 Å². The van der Waals surface area contributed by atoms with Crippen LogP contribution in [0.5, 0.6) is 0 Å². The van der Waals surface area contributed by atoms with Crippen molar-refractivity contribution in [3.8, 4) is 0 Å². The highest BCUT2D eigenvalue weighted by Crippen LogP contribution is 2.22. The van der Waals surface area contributed by atoms with Gasteiger partial charge < -0.3 is 10.2 Å². The van der Waals surface area contributed by atoms with Crippen LogP contribution in [-0.2, 0) is 0 Å². The zero-order valence-electron chi connectivity index (χ0n) is 11.6. The lowest BCUT2D eigenvalue weighted by Gasteiger charge is -2.22. The molecule has 1 rings (SSSR count). The fourth-order valence-electron chi connectivity index (χ4n) is 2.79. The summed E-state index contributed by atoms with van der Waals surface area (Å²) in [5.74, 6) is 0.908. The summed E-state index contributed by atoms with van der Waals surface area (Å²) in [4.78, 5) is 2.66. The molecule has 0 radical (unpaired) electrons. The van der Waals surface area contributed by atoms with Crippen molar-refractivity contribution in [2.24, 2.45) is 5.92 Å². The minimum atomic E-state index is 0.690. The quantitative estimate of drug-likeness (QED) is 0.718.